The lowest BCUT2D eigenvalue weighted by Crippen LogP contribution is -1.80. The maximum atomic E-state index is 3.54. The number of H-pyrrole nitrogens is 1. The first-order valence-electron chi connectivity index (χ1n) is 3.86. The van der Waals surface area contributed by atoms with Gasteiger partial charge >= 0.3 is 0 Å². The Balaban J connectivity index is 2.53. The van der Waals surface area contributed by atoms with Crippen LogP contribution in [0.15, 0.2) is 41.0 Å². The van der Waals surface area contributed by atoms with Gasteiger partial charge in [-0.05, 0) is 46.9 Å². The van der Waals surface area contributed by atoms with Crippen LogP contribution in [0.3, 0.4) is 0 Å². The second-order valence-electron chi connectivity index (χ2n) is 2.71. The molecule has 3 heteroatoms. The number of halogens is 2. The predicted octanol–water partition coefficient (Wildman–Crippen LogP) is 4.05. The summed E-state index contributed by atoms with van der Waals surface area (Å²) in [6.07, 6.45) is 1.93. The molecule has 2 aromatic rings. The van der Waals surface area contributed by atoms with Crippen LogP contribution in [0.2, 0.25) is 0 Å². The molecule has 0 atom stereocenters. The highest BCUT2D eigenvalue weighted by atomic mass is 127. The first-order chi connectivity index (χ1) is 6.27. The SMILES string of the molecule is Brc1cc(I)ccc1-c1ccc[nH]1. The lowest BCUT2D eigenvalue weighted by Gasteiger charge is -2.01. The van der Waals surface area contributed by atoms with Gasteiger partial charge in [-0.15, -0.1) is 0 Å². The van der Waals surface area contributed by atoms with E-state index < -0.39 is 0 Å². The lowest BCUT2D eigenvalue weighted by molar-refractivity contribution is 1.39. The van der Waals surface area contributed by atoms with Gasteiger partial charge in [-0.2, -0.15) is 0 Å². The Morgan fingerprint density at radius 1 is 1.23 bits per heavy atom. The lowest BCUT2D eigenvalue weighted by atomic mass is 10.2. The minimum Gasteiger partial charge on any atom is -0.361 e. The van der Waals surface area contributed by atoms with Crippen LogP contribution in [0, 0.1) is 3.57 Å². The number of rotatable bonds is 1. The molecule has 2 rings (SSSR count). The number of aromatic nitrogens is 1. The number of benzene rings is 1. The van der Waals surface area contributed by atoms with Crippen LogP contribution in [-0.2, 0) is 0 Å². The highest BCUT2D eigenvalue weighted by Gasteiger charge is 2.02. The van der Waals surface area contributed by atoms with Gasteiger partial charge in [0.2, 0.25) is 0 Å². The van der Waals surface area contributed by atoms with Crippen molar-refractivity contribution in [2.75, 3.05) is 0 Å². The Bertz CT molecular complexity index is 409. The van der Waals surface area contributed by atoms with Gasteiger partial charge in [-0.25, -0.2) is 0 Å². The Kier molecular flexibility index (Phi) is 2.74. The molecule has 66 valence electrons. The van der Waals surface area contributed by atoms with E-state index >= 15 is 0 Å². The van der Waals surface area contributed by atoms with E-state index in [0.717, 1.165) is 10.2 Å². The van der Waals surface area contributed by atoms with Gasteiger partial charge < -0.3 is 4.98 Å². The fourth-order valence-electron chi connectivity index (χ4n) is 1.21. The van der Waals surface area contributed by atoms with Crippen molar-refractivity contribution in [2.45, 2.75) is 0 Å². The van der Waals surface area contributed by atoms with Crippen molar-refractivity contribution >= 4 is 38.5 Å². The molecule has 1 aromatic heterocycles. The molecule has 0 fully saturated rings. The molecule has 0 aliphatic carbocycles. The van der Waals surface area contributed by atoms with E-state index in [1.165, 1.54) is 9.13 Å². The van der Waals surface area contributed by atoms with E-state index in [1.54, 1.807) is 0 Å². The van der Waals surface area contributed by atoms with Crippen LogP contribution in [0.1, 0.15) is 0 Å². The fourth-order valence-corrected chi connectivity index (χ4v) is 2.72. The third kappa shape index (κ3) is 1.96. The van der Waals surface area contributed by atoms with Crippen LogP contribution < -0.4 is 0 Å². The van der Waals surface area contributed by atoms with Crippen molar-refractivity contribution in [2.24, 2.45) is 0 Å². The van der Waals surface area contributed by atoms with Gasteiger partial charge in [-0.1, -0.05) is 22.0 Å². The maximum Gasteiger partial charge on any atom is 0.0465 e. The first-order valence-corrected chi connectivity index (χ1v) is 5.73. The fraction of sp³-hybridized carbons (Fsp3) is 0. The Labute approximate surface area is 98.8 Å². The second-order valence-corrected chi connectivity index (χ2v) is 4.81. The molecule has 0 spiro atoms. The van der Waals surface area contributed by atoms with E-state index in [-0.39, 0.29) is 0 Å². The van der Waals surface area contributed by atoms with E-state index in [2.05, 4.69) is 67.8 Å². The average Bonchev–Trinajstić information content (AvgIpc) is 2.56. The Morgan fingerprint density at radius 2 is 2.08 bits per heavy atom. The molecule has 1 heterocycles. The van der Waals surface area contributed by atoms with Crippen molar-refractivity contribution in [3.05, 3.63) is 44.6 Å². The molecule has 0 amide bonds. The van der Waals surface area contributed by atoms with E-state index in [4.69, 9.17) is 0 Å². The predicted molar refractivity (Wildman–Crippen MR) is 66.6 cm³/mol. The summed E-state index contributed by atoms with van der Waals surface area (Å²) >= 11 is 5.84. The van der Waals surface area contributed by atoms with Crippen LogP contribution in [-0.4, -0.2) is 4.98 Å². The molecule has 0 saturated heterocycles. The van der Waals surface area contributed by atoms with Gasteiger partial charge in [0, 0.05) is 25.5 Å². The summed E-state index contributed by atoms with van der Waals surface area (Å²) in [6.45, 7) is 0. The van der Waals surface area contributed by atoms with Gasteiger partial charge in [-0.3, -0.25) is 0 Å². The zero-order chi connectivity index (χ0) is 9.26. The zero-order valence-electron chi connectivity index (χ0n) is 6.72. The standard InChI is InChI=1S/C10H7BrIN/c11-9-6-7(12)3-4-8(9)10-2-1-5-13-10/h1-6,13H. The summed E-state index contributed by atoms with van der Waals surface area (Å²) in [7, 11) is 0. The molecule has 13 heavy (non-hydrogen) atoms. The summed E-state index contributed by atoms with van der Waals surface area (Å²) in [4.78, 5) is 3.18. The quantitative estimate of drug-likeness (QED) is 0.749. The Hall–Kier alpha value is -0.290. The summed E-state index contributed by atoms with van der Waals surface area (Å²) < 4.78 is 2.36. The minimum atomic E-state index is 1.13. The van der Waals surface area contributed by atoms with Gasteiger partial charge in [0.25, 0.3) is 0 Å². The van der Waals surface area contributed by atoms with Crippen LogP contribution >= 0.6 is 38.5 Å². The van der Waals surface area contributed by atoms with Crippen molar-refractivity contribution in [1.82, 2.24) is 4.98 Å². The first kappa shape index (κ1) is 9.27. The molecule has 1 nitrogen and oxygen atoms in total. The monoisotopic (exact) mass is 347 g/mol. The maximum absolute atomic E-state index is 3.54. The van der Waals surface area contributed by atoms with E-state index in [1.807, 2.05) is 12.3 Å². The minimum absolute atomic E-state index is 1.13. The number of nitrogens with one attached hydrogen (secondary N) is 1. The van der Waals surface area contributed by atoms with E-state index in [0.29, 0.717) is 0 Å². The highest BCUT2D eigenvalue weighted by molar-refractivity contribution is 14.1. The molecule has 0 unspecified atom stereocenters. The molecular formula is C10H7BrIN. The van der Waals surface area contributed by atoms with Crippen molar-refractivity contribution in [1.29, 1.82) is 0 Å². The topological polar surface area (TPSA) is 15.8 Å². The third-order valence-electron chi connectivity index (χ3n) is 1.82. The smallest absolute Gasteiger partial charge is 0.0465 e. The van der Waals surface area contributed by atoms with Crippen LogP contribution in [0.5, 0.6) is 0 Å². The normalized spacial score (nSPS) is 10.3. The van der Waals surface area contributed by atoms with Gasteiger partial charge in [0.15, 0.2) is 0 Å². The summed E-state index contributed by atoms with van der Waals surface area (Å²) in [5.74, 6) is 0. The van der Waals surface area contributed by atoms with Gasteiger partial charge in [0.1, 0.15) is 0 Å². The molecule has 0 aliphatic rings. The molecule has 0 bridgehead atoms. The number of hydrogen-bond donors (Lipinski definition) is 1. The molecule has 0 saturated carbocycles. The zero-order valence-corrected chi connectivity index (χ0v) is 10.5. The molecule has 0 aliphatic heterocycles. The molecular weight excluding hydrogens is 341 g/mol. The summed E-state index contributed by atoms with van der Waals surface area (Å²) in [5, 5.41) is 0. The van der Waals surface area contributed by atoms with E-state index in [9.17, 15) is 0 Å². The Morgan fingerprint density at radius 3 is 2.69 bits per heavy atom. The van der Waals surface area contributed by atoms with Crippen molar-refractivity contribution in [3.8, 4) is 11.3 Å². The second kappa shape index (κ2) is 3.84. The molecule has 0 radical (unpaired) electrons. The number of hydrogen-bond acceptors (Lipinski definition) is 0. The average molecular weight is 348 g/mol. The summed E-state index contributed by atoms with van der Waals surface area (Å²) in [5.41, 5.74) is 2.34. The molecule has 1 N–H and O–H groups in total. The highest BCUT2D eigenvalue weighted by Crippen LogP contribution is 2.28. The van der Waals surface area contributed by atoms with Crippen molar-refractivity contribution in [3.63, 3.8) is 0 Å². The third-order valence-corrected chi connectivity index (χ3v) is 3.15. The van der Waals surface area contributed by atoms with Crippen LogP contribution in [0.25, 0.3) is 11.3 Å². The van der Waals surface area contributed by atoms with Crippen molar-refractivity contribution < 1.29 is 0 Å². The van der Waals surface area contributed by atoms with Crippen LogP contribution in [0.4, 0.5) is 0 Å². The largest absolute Gasteiger partial charge is 0.361 e. The number of aromatic amines is 1. The van der Waals surface area contributed by atoms with Gasteiger partial charge in [0.05, 0.1) is 0 Å². The summed E-state index contributed by atoms with van der Waals surface area (Å²) in [6, 6.07) is 10.4. The molecule has 1 aromatic carbocycles.